The molecule has 0 fully saturated rings. The van der Waals surface area contributed by atoms with Crippen LogP contribution in [0.2, 0.25) is 0 Å². The topological polar surface area (TPSA) is 27.0 Å². The molecule has 1 N–H and O–H groups in total. The third-order valence-corrected chi connectivity index (χ3v) is 1.73. The van der Waals surface area contributed by atoms with Crippen LogP contribution in [0.25, 0.3) is 11.1 Å². The van der Waals surface area contributed by atoms with Crippen LogP contribution in [0.1, 0.15) is 0 Å². The Hall–Kier alpha value is -1.70. The third kappa shape index (κ3) is 1.32. The molecule has 58 valence electrons. The Morgan fingerprint density at radius 3 is 2.08 bits per heavy atom. The van der Waals surface area contributed by atoms with Crippen LogP contribution in [0.4, 0.5) is 0 Å². The van der Waals surface area contributed by atoms with E-state index in [1.54, 1.807) is 12.4 Å². The molecule has 0 atom stereocenters. The van der Waals surface area contributed by atoms with Gasteiger partial charge in [-0.2, -0.15) is 0 Å². The zero-order valence-corrected chi connectivity index (χ0v) is 6.57. The van der Waals surface area contributed by atoms with E-state index >= 15 is 0 Å². The molecule has 0 aromatic carbocycles. The summed E-state index contributed by atoms with van der Waals surface area (Å²) in [7, 11) is 0. The van der Waals surface area contributed by atoms with E-state index in [9.17, 15) is 0 Å². The summed E-state index contributed by atoms with van der Waals surface area (Å²) in [6, 6.07) is 8.06. The van der Waals surface area contributed by atoms with Crippen LogP contribution in [0.15, 0.2) is 49.1 Å². The SMILES string of the molecule is c1cc(-c2cc[nH+]cc2)ccn1. The van der Waals surface area contributed by atoms with Gasteiger partial charge in [0.25, 0.3) is 0 Å². The number of H-pyrrole nitrogens is 1. The standard InChI is InChI=1S/C10H8N2/c1-5-11-6-2-9(1)10-3-7-12-8-4-10/h1-8H/p+1. The van der Waals surface area contributed by atoms with Gasteiger partial charge in [0.15, 0.2) is 12.4 Å². The summed E-state index contributed by atoms with van der Waals surface area (Å²) < 4.78 is 0. The van der Waals surface area contributed by atoms with Gasteiger partial charge in [0.05, 0.1) is 0 Å². The van der Waals surface area contributed by atoms with E-state index in [0.717, 1.165) is 0 Å². The van der Waals surface area contributed by atoms with Crippen molar-refractivity contribution in [3.63, 3.8) is 0 Å². The number of hydrogen-bond acceptors (Lipinski definition) is 1. The minimum Gasteiger partial charge on any atom is -0.265 e. The molecule has 2 rings (SSSR count). The van der Waals surface area contributed by atoms with E-state index in [1.165, 1.54) is 11.1 Å². The molecule has 2 heterocycles. The zero-order chi connectivity index (χ0) is 8.23. The molecule has 0 spiro atoms. The summed E-state index contributed by atoms with van der Waals surface area (Å²) in [5.74, 6) is 0. The highest BCUT2D eigenvalue weighted by atomic mass is 14.6. The van der Waals surface area contributed by atoms with Gasteiger partial charge in [-0.25, -0.2) is 4.98 Å². The maximum absolute atomic E-state index is 3.96. The van der Waals surface area contributed by atoms with E-state index in [-0.39, 0.29) is 0 Å². The van der Waals surface area contributed by atoms with Crippen molar-refractivity contribution in [2.24, 2.45) is 0 Å². The molecule has 0 amide bonds. The Morgan fingerprint density at radius 1 is 0.833 bits per heavy atom. The lowest BCUT2D eigenvalue weighted by atomic mass is 10.1. The van der Waals surface area contributed by atoms with Gasteiger partial charge in [-0.1, -0.05) is 0 Å². The lowest BCUT2D eigenvalue weighted by molar-refractivity contribution is -0.377. The smallest absolute Gasteiger partial charge is 0.167 e. The van der Waals surface area contributed by atoms with Gasteiger partial charge in [-0.05, 0) is 23.3 Å². The van der Waals surface area contributed by atoms with Crippen LogP contribution >= 0.6 is 0 Å². The number of hydrogen-bond donors (Lipinski definition) is 0. The fourth-order valence-electron chi connectivity index (χ4n) is 1.12. The summed E-state index contributed by atoms with van der Waals surface area (Å²) in [5.41, 5.74) is 2.40. The Morgan fingerprint density at radius 2 is 1.42 bits per heavy atom. The van der Waals surface area contributed by atoms with Crippen LogP contribution in [-0.4, -0.2) is 4.98 Å². The van der Waals surface area contributed by atoms with Gasteiger partial charge < -0.3 is 0 Å². The first-order valence-electron chi connectivity index (χ1n) is 3.83. The summed E-state index contributed by atoms with van der Waals surface area (Å²) in [6.45, 7) is 0. The average molecular weight is 157 g/mol. The predicted molar refractivity (Wildman–Crippen MR) is 46.2 cm³/mol. The van der Waals surface area contributed by atoms with E-state index in [2.05, 4.69) is 9.97 Å². The van der Waals surface area contributed by atoms with Crippen LogP contribution < -0.4 is 4.98 Å². The number of pyridine rings is 2. The van der Waals surface area contributed by atoms with Crippen molar-refractivity contribution in [2.75, 3.05) is 0 Å². The number of rotatable bonds is 1. The van der Waals surface area contributed by atoms with E-state index < -0.39 is 0 Å². The fraction of sp³-hybridized carbons (Fsp3) is 0. The van der Waals surface area contributed by atoms with Crippen molar-refractivity contribution >= 4 is 0 Å². The van der Waals surface area contributed by atoms with Crippen molar-refractivity contribution in [3.8, 4) is 11.1 Å². The second-order valence-corrected chi connectivity index (χ2v) is 2.52. The number of aromatic amines is 1. The van der Waals surface area contributed by atoms with Gasteiger partial charge in [0.2, 0.25) is 0 Å². The normalized spacial score (nSPS) is 9.67. The Balaban J connectivity index is 2.46. The Bertz CT molecular complexity index is 305. The first-order chi connectivity index (χ1) is 5.97. The van der Waals surface area contributed by atoms with Crippen molar-refractivity contribution in [1.82, 2.24) is 4.98 Å². The van der Waals surface area contributed by atoms with Crippen LogP contribution in [0.3, 0.4) is 0 Å². The molecule has 0 saturated heterocycles. The lowest BCUT2D eigenvalue weighted by Crippen LogP contribution is -1.96. The van der Waals surface area contributed by atoms with Gasteiger partial charge in [0.1, 0.15) is 0 Å². The molecular formula is C10H9N2+. The van der Waals surface area contributed by atoms with Gasteiger partial charge in [0, 0.05) is 24.5 Å². The van der Waals surface area contributed by atoms with Crippen molar-refractivity contribution in [2.45, 2.75) is 0 Å². The lowest BCUT2D eigenvalue weighted by Gasteiger charge is -1.95. The van der Waals surface area contributed by atoms with E-state index in [4.69, 9.17) is 0 Å². The highest BCUT2D eigenvalue weighted by Gasteiger charge is 1.95. The Labute approximate surface area is 70.9 Å². The van der Waals surface area contributed by atoms with Crippen LogP contribution in [-0.2, 0) is 0 Å². The Kier molecular flexibility index (Phi) is 1.82. The van der Waals surface area contributed by atoms with Gasteiger partial charge in [-0.3, -0.25) is 4.98 Å². The summed E-state index contributed by atoms with van der Waals surface area (Å²) in [4.78, 5) is 6.95. The summed E-state index contributed by atoms with van der Waals surface area (Å²) in [6.07, 6.45) is 7.42. The second-order valence-electron chi connectivity index (χ2n) is 2.52. The van der Waals surface area contributed by atoms with Crippen LogP contribution in [0.5, 0.6) is 0 Å². The molecule has 0 radical (unpaired) electrons. The second kappa shape index (κ2) is 3.13. The summed E-state index contributed by atoms with van der Waals surface area (Å²) in [5, 5.41) is 0. The molecule has 2 heteroatoms. The molecular weight excluding hydrogens is 148 g/mol. The molecule has 2 aromatic rings. The average Bonchev–Trinajstić information content (AvgIpc) is 2.21. The highest BCUT2D eigenvalue weighted by Crippen LogP contribution is 2.14. The quantitative estimate of drug-likeness (QED) is 0.617. The van der Waals surface area contributed by atoms with Crippen LogP contribution in [0, 0.1) is 0 Å². The van der Waals surface area contributed by atoms with Crippen molar-refractivity contribution < 1.29 is 4.98 Å². The minimum atomic E-state index is 1.19. The first-order valence-corrected chi connectivity index (χ1v) is 3.83. The van der Waals surface area contributed by atoms with Gasteiger partial charge >= 0.3 is 0 Å². The number of nitrogens with zero attached hydrogens (tertiary/aromatic N) is 1. The van der Waals surface area contributed by atoms with Crippen molar-refractivity contribution in [1.29, 1.82) is 0 Å². The summed E-state index contributed by atoms with van der Waals surface area (Å²) >= 11 is 0. The molecule has 0 bridgehead atoms. The monoisotopic (exact) mass is 157 g/mol. The predicted octanol–water partition coefficient (Wildman–Crippen LogP) is 1.56. The minimum absolute atomic E-state index is 1.19. The van der Waals surface area contributed by atoms with Crippen molar-refractivity contribution in [3.05, 3.63) is 49.1 Å². The van der Waals surface area contributed by atoms with Gasteiger partial charge in [-0.15, -0.1) is 0 Å². The molecule has 0 saturated carbocycles. The van der Waals surface area contributed by atoms with E-state index in [0.29, 0.717) is 0 Å². The number of nitrogens with one attached hydrogen (secondary N) is 1. The molecule has 12 heavy (non-hydrogen) atoms. The fourth-order valence-corrected chi connectivity index (χ4v) is 1.12. The maximum atomic E-state index is 3.96. The third-order valence-electron chi connectivity index (χ3n) is 1.73. The zero-order valence-electron chi connectivity index (χ0n) is 6.57. The maximum Gasteiger partial charge on any atom is 0.167 e. The van der Waals surface area contributed by atoms with E-state index in [1.807, 2.05) is 36.7 Å². The number of aromatic nitrogens is 2. The first kappa shape index (κ1) is 6.98. The molecule has 0 unspecified atom stereocenters. The molecule has 0 aliphatic heterocycles. The highest BCUT2D eigenvalue weighted by molar-refractivity contribution is 5.61. The molecule has 2 aromatic heterocycles. The largest absolute Gasteiger partial charge is 0.265 e. The molecule has 2 nitrogen and oxygen atoms in total. The molecule has 0 aliphatic rings. The molecule has 0 aliphatic carbocycles.